The molecule has 17 heteroatoms. The van der Waals surface area contributed by atoms with Gasteiger partial charge in [0.2, 0.25) is 5.89 Å². The molecule has 15 nitrogen and oxygen atoms in total. The molecule has 0 radical (unpaired) electrons. The SMILES string of the molecule is CCc1cc(NC(=O)NCCC[Si](OC)(OC)OC)ccc1-c1nc(-c2ccc(O)cc2)oc1-c1ccc(NC(=O)NCCC[Si](OC)(OC)OC)cc1CC. The number of carbonyl (C=O) groups is 2. The molecule has 0 spiro atoms. The Kier molecular flexibility index (Phi) is 16.6. The van der Waals surface area contributed by atoms with E-state index in [-0.39, 0.29) is 17.8 Å². The van der Waals surface area contributed by atoms with Gasteiger partial charge in [-0.05, 0) is 91.4 Å². The second-order valence-electron chi connectivity index (χ2n) is 12.8. The van der Waals surface area contributed by atoms with Crippen molar-refractivity contribution in [1.29, 1.82) is 0 Å². The number of hydrogen-bond donors (Lipinski definition) is 5. The Hall–Kier alpha value is -4.60. The van der Waals surface area contributed by atoms with Crippen molar-refractivity contribution in [3.05, 3.63) is 71.8 Å². The first-order valence-electron chi connectivity index (χ1n) is 18.5. The van der Waals surface area contributed by atoms with Gasteiger partial charge in [0, 0.05) is 95.9 Å². The topological polar surface area (TPSA) is 184 Å². The Morgan fingerprint density at radius 1 is 0.661 bits per heavy atom. The lowest BCUT2D eigenvalue weighted by Crippen LogP contribution is -2.43. The number of rotatable bonds is 21. The van der Waals surface area contributed by atoms with Crippen molar-refractivity contribution in [2.75, 3.05) is 66.4 Å². The Morgan fingerprint density at radius 3 is 1.55 bits per heavy atom. The number of oxazole rings is 1. The maximum absolute atomic E-state index is 12.8. The Labute approximate surface area is 331 Å². The van der Waals surface area contributed by atoms with Crippen molar-refractivity contribution < 1.29 is 45.7 Å². The summed E-state index contributed by atoms with van der Waals surface area (Å²) < 4.78 is 39.3. The minimum absolute atomic E-state index is 0.131. The zero-order chi connectivity index (χ0) is 40.7. The van der Waals surface area contributed by atoms with Gasteiger partial charge in [-0.2, -0.15) is 0 Å². The van der Waals surface area contributed by atoms with E-state index in [9.17, 15) is 14.7 Å². The second kappa shape index (κ2) is 21.1. The summed E-state index contributed by atoms with van der Waals surface area (Å²) in [7, 11) is 3.94. The predicted octanol–water partition coefficient (Wildman–Crippen LogP) is 7.29. The molecule has 0 fully saturated rings. The van der Waals surface area contributed by atoms with Crippen LogP contribution in [0.5, 0.6) is 5.75 Å². The summed E-state index contributed by atoms with van der Waals surface area (Å²) in [5, 5.41) is 21.6. The standard InChI is InChI=1S/C39H55N5O10Si2/c1-9-27-25-30(42-38(46)40-21-11-23-55(48-3,49-4)50-5)15-19-33(27)35-36(54-37(44-35)29-13-17-32(45)18-14-29)34-20-16-31(26-28(34)10-2)43-39(47)41-22-12-24-56(51-6,52-7)53-8/h13-20,25-26,45H,9-12,21-24H2,1-8H3,(H2,40,42,46)(H2,41,43,47). The van der Waals surface area contributed by atoms with Gasteiger partial charge >= 0.3 is 29.7 Å². The summed E-state index contributed by atoms with van der Waals surface area (Å²) in [5.74, 6) is 1.07. The maximum atomic E-state index is 12.8. The number of urea groups is 2. The van der Waals surface area contributed by atoms with Crippen LogP contribution in [-0.2, 0) is 39.4 Å². The number of phenols is 1. The molecule has 0 saturated heterocycles. The maximum Gasteiger partial charge on any atom is 0.500 e. The highest BCUT2D eigenvalue weighted by Crippen LogP contribution is 2.40. The molecule has 5 N–H and O–H groups in total. The molecule has 56 heavy (non-hydrogen) atoms. The molecule has 0 aliphatic carbocycles. The van der Waals surface area contributed by atoms with Gasteiger partial charge in [0.05, 0.1) is 0 Å². The van der Waals surface area contributed by atoms with Crippen LogP contribution in [0.4, 0.5) is 21.0 Å². The quantitative estimate of drug-likeness (QED) is 0.0421. The fourth-order valence-electron chi connectivity index (χ4n) is 6.27. The number of anilines is 2. The molecule has 0 aliphatic rings. The smallest absolute Gasteiger partial charge is 0.500 e. The molecular weight excluding hydrogens is 755 g/mol. The lowest BCUT2D eigenvalue weighted by molar-refractivity contribution is 0.122. The van der Waals surface area contributed by atoms with Crippen molar-refractivity contribution in [1.82, 2.24) is 15.6 Å². The van der Waals surface area contributed by atoms with Crippen LogP contribution in [-0.4, -0.2) is 95.5 Å². The van der Waals surface area contributed by atoms with E-state index in [0.717, 1.165) is 22.3 Å². The van der Waals surface area contributed by atoms with Crippen LogP contribution < -0.4 is 21.3 Å². The van der Waals surface area contributed by atoms with E-state index >= 15 is 0 Å². The number of aryl methyl sites for hydroxylation is 2. The van der Waals surface area contributed by atoms with E-state index in [1.165, 1.54) is 0 Å². The molecule has 4 rings (SSSR count). The molecule has 1 heterocycles. The number of nitrogens with zero attached hydrogens (tertiary/aromatic N) is 1. The first kappa shape index (κ1) is 44.1. The normalized spacial score (nSPS) is 11.7. The highest BCUT2D eigenvalue weighted by atomic mass is 28.4. The van der Waals surface area contributed by atoms with E-state index < -0.39 is 17.6 Å². The average Bonchev–Trinajstić information content (AvgIpc) is 3.66. The monoisotopic (exact) mass is 809 g/mol. The lowest BCUT2D eigenvalue weighted by atomic mass is 9.95. The Balaban J connectivity index is 1.56. The Morgan fingerprint density at radius 2 is 1.11 bits per heavy atom. The third-order valence-electron chi connectivity index (χ3n) is 9.49. The lowest BCUT2D eigenvalue weighted by Gasteiger charge is -2.24. The number of benzene rings is 3. The van der Waals surface area contributed by atoms with Crippen LogP contribution in [0.3, 0.4) is 0 Å². The van der Waals surface area contributed by atoms with Gasteiger partial charge in [0.15, 0.2) is 5.76 Å². The minimum atomic E-state index is -2.72. The largest absolute Gasteiger partial charge is 0.508 e. The van der Waals surface area contributed by atoms with Gasteiger partial charge in [0.25, 0.3) is 0 Å². The van der Waals surface area contributed by atoms with Gasteiger partial charge < -0.3 is 57.3 Å². The average molecular weight is 810 g/mol. The number of aromatic nitrogens is 1. The van der Waals surface area contributed by atoms with Crippen LogP contribution in [0.1, 0.15) is 37.8 Å². The van der Waals surface area contributed by atoms with Gasteiger partial charge in [-0.1, -0.05) is 19.9 Å². The number of carbonyl (C=O) groups excluding carboxylic acids is 2. The summed E-state index contributed by atoms with van der Waals surface area (Å²) in [5.41, 5.74) is 6.10. The number of nitrogens with one attached hydrogen (secondary N) is 4. The van der Waals surface area contributed by atoms with Gasteiger partial charge in [-0.25, -0.2) is 14.6 Å². The minimum Gasteiger partial charge on any atom is -0.508 e. The van der Waals surface area contributed by atoms with Crippen molar-refractivity contribution >= 4 is 41.0 Å². The number of aromatic hydroxyl groups is 1. The molecule has 1 aromatic heterocycles. The van der Waals surface area contributed by atoms with Crippen LogP contribution in [0.25, 0.3) is 34.0 Å². The molecule has 3 aromatic carbocycles. The van der Waals surface area contributed by atoms with Crippen LogP contribution in [0.2, 0.25) is 12.1 Å². The van der Waals surface area contributed by atoms with E-state index in [1.807, 2.05) is 50.2 Å². The molecule has 0 unspecified atom stereocenters. The van der Waals surface area contributed by atoms with Crippen LogP contribution >= 0.6 is 0 Å². The van der Waals surface area contributed by atoms with Gasteiger partial charge in [-0.15, -0.1) is 0 Å². The molecule has 4 amide bonds. The van der Waals surface area contributed by atoms with Crippen LogP contribution in [0.15, 0.2) is 65.1 Å². The molecule has 0 atom stereocenters. The number of hydrogen-bond acceptors (Lipinski definition) is 11. The highest BCUT2D eigenvalue weighted by Gasteiger charge is 2.37. The van der Waals surface area contributed by atoms with Crippen molar-refractivity contribution in [2.24, 2.45) is 0 Å². The fraction of sp³-hybridized carbons (Fsp3) is 0.410. The third kappa shape index (κ3) is 11.3. The Bertz CT molecular complexity index is 1760. The summed E-state index contributed by atoms with van der Waals surface area (Å²) in [6.07, 6.45) is 2.54. The fourth-order valence-corrected chi connectivity index (χ4v) is 9.71. The summed E-state index contributed by atoms with van der Waals surface area (Å²) >= 11 is 0. The molecule has 0 saturated carbocycles. The third-order valence-corrected chi connectivity index (χ3v) is 15.1. The zero-order valence-electron chi connectivity index (χ0n) is 33.5. The van der Waals surface area contributed by atoms with Crippen molar-refractivity contribution in [2.45, 2.75) is 51.6 Å². The first-order valence-corrected chi connectivity index (χ1v) is 22.4. The molecule has 4 aromatic rings. The van der Waals surface area contributed by atoms with E-state index in [4.69, 9.17) is 36.0 Å². The number of phenolic OH excluding ortho intramolecular Hbond substituents is 1. The summed E-state index contributed by atoms with van der Waals surface area (Å²) in [6.45, 7) is 4.90. The van der Waals surface area contributed by atoms with Crippen LogP contribution in [0, 0.1) is 0 Å². The molecule has 0 aliphatic heterocycles. The number of amides is 4. The molecule has 304 valence electrons. The first-order chi connectivity index (χ1) is 27.0. The van der Waals surface area contributed by atoms with E-state index in [2.05, 4.69) is 21.3 Å². The van der Waals surface area contributed by atoms with Crippen molar-refractivity contribution in [3.63, 3.8) is 0 Å². The molecular formula is C39H55N5O10Si2. The van der Waals surface area contributed by atoms with E-state index in [0.29, 0.717) is 85.1 Å². The van der Waals surface area contributed by atoms with E-state index in [1.54, 1.807) is 66.9 Å². The summed E-state index contributed by atoms with van der Waals surface area (Å²) in [4.78, 5) is 30.7. The van der Waals surface area contributed by atoms with Gasteiger partial charge in [0.1, 0.15) is 11.4 Å². The highest BCUT2D eigenvalue weighted by molar-refractivity contribution is 6.60. The second-order valence-corrected chi connectivity index (χ2v) is 18.9. The van der Waals surface area contributed by atoms with Gasteiger partial charge in [-0.3, -0.25) is 0 Å². The summed E-state index contributed by atoms with van der Waals surface area (Å²) in [6, 6.07) is 18.5. The molecule has 0 bridgehead atoms. The predicted molar refractivity (Wildman–Crippen MR) is 220 cm³/mol. The van der Waals surface area contributed by atoms with Crippen molar-refractivity contribution in [3.8, 4) is 39.8 Å². The zero-order valence-corrected chi connectivity index (χ0v) is 35.5.